The second kappa shape index (κ2) is 10.2. The Kier molecular flexibility index (Phi) is 7.17. The number of pyridine rings is 2. The molecule has 10 nitrogen and oxygen atoms in total. The van der Waals surface area contributed by atoms with Gasteiger partial charge in [0.05, 0.1) is 29.7 Å². The van der Waals surface area contributed by atoms with Crippen molar-refractivity contribution in [3.63, 3.8) is 0 Å². The Balaban J connectivity index is 0.000000913. The van der Waals surface area contributed by atoms with E-state index < -0.39 is 6.47 Å². The summed E-state index contributed by atoms with van der Waals surface area (Å²) in [4.78, 5) is 25.2. The summed E-state index contributed by atoms with van der Waals surface area (Å²) in [5, 5.41) is 18.3. The summed E-state index contributed by atoms with van der Waals surface area (Å²) in [6.07, 6.45) is 7.58. The van der Waals surface area contributed by atoms with Crippen LogP contribution in [0.15, 0.2) is 53.6 Å². The smallest absolute Gasteiger partial charge is 0.251 e. The van der Waals surface area contributed by atoms with Gasteiger partial charge < -0.3 is 25.1 Å². The van der Waals surface area contributed by atoms with Crippen LogP contribution in [0.25, 0.3) is 16.9 Å². The number of aromatic nitrogens is 4. The van der Waals surface area contributed by atoms with Crippen LogP contribution in [0.2, 0.25) is 0 Å². The number of fused-ring (bicyclic) bond motifs is 1. The standard InChI is InChI=1S/C21H22N6O2.CH2O2/c1-14-20(15(2)29-25-14)18-13-24-19-12-16(4-10-27(18)19)21(28)23-7-11-26-8-5-17(22-3)6-9-26;2-1-3/h4-6,8-10,12-13H,7,11H2,1-3H3,(H,23,28);1H,(H,2,3). The van der Waals surface area contributed by atoms with Crippen molar-refractivity contribution in [3.05, 3.63) is 66.1 Å². The van der Waals surface area contributed by atoms with Gasteiger partial charge in [-0.3, -0.25) is 9.20 Å². The molecule has 0 fully saturated rings. The number of carbonyl (C=O) groups is 2. The Morgan fingerprint density at radius 2 is 2.00 bits per heavy atom. The van der Waals surface area contributed by atoms with Gasteiger partial charge in [-0.25, -0.2) is 9.55 Å². The molecule has 32 heavy (non-hydrogen) atoms. The first-order chi connectivity index (χ1) is 15.5. The Morgan fingerprint density at radius 1 is 1.28 bits per heavy atom. The molecule has 0 aliphatic heterocycles. The van der Waals surface area contributed by atoms with E-state index in [1.807, 2.05) is 60.6 Å². The molecular weight excluding hydrogens is 412 g/mol. The van der Waals surface area contributed by atoms with Gasteiger partial charge in [0.25, 0.3) is 5.91 Å². The number of aryl methyl sites for hydroxylation is 2. The normalized spacial score (nSPS) is 10.3. The highest BCUT2D eigenvalue weighted by Crippen LogP contribution is 2.27. The molecule has 0 atom stereocenters. The van der Waals surface area contributed by atoms with Gasteiger partial charge in [0.15, 0.2) is 18.9 Å². The van der Waals surface area contributed by atoms with Crippen molar-refractivity contribution in [1.82, 2.24) is 19.9 Å². The maximum absolute atomic E-state index is 12.5. The first kappa shape index (κ1) is 22.5. The summed E-state index contributed by atoms with van der Waals surface area (Å²) in [5.74, 6) is 0.619. The van der Waals surface area contributed by atoms with Crippen LogP contribution in [0, 0.1) is 13.8 Å². The highest BCUT2D eigenvalue weighted by Gasteiger charge is 2.16. The minimum absolute atomic E-state index is 0.123. The molecule has 0 aliphatic carbocycles. The zero-order valence-corrected chi connectivity index (χ0v) is 18.0. The van der Waals surface area contributed by atoms with E-state index in [1.54, 1.807) is 18.3 Å². The topological polar surface area (TPSA) is 128 Å². The predicted molar refractivity (Wildman–Crippen MR) is 115 cm³/mol. The van der Waals surface area contributed by atoms with E-state index in [0.29, 0.717) is 24.3 Å². The van der Waals surface area contributed by atoms with Crippen molar-refractivity contribution >= 4 is 23.7 Å². The van der Waals surface area contributed by atoms with Gasteiger partial charge in [-0.1, -0.05) is 5.16 Å². The Hall–Kier alpha value is -4.21. The summed E-state index contributed by atoms with van der Waals surface area (Å²) in [7, 11) is 1.88. The molecule has 4 heterocycles. The van der Waals surface area contributed by atoms with E-state index in [-0.39, 0.29) is 5.91 Å². The van der Waals surface area contributed by atoms with Crippen LogP contribution in [0.1, 0.15) is 21.8 Å². The average molecular weight is 436 g/mol. The molecular formula is C22H24N6O4. The zero-order chi connectivity index (χ0) is 23.1. The van der Waals surface area contributed by atoms with Gasteiger partial charge in [-0.2, -0.15) is 0 Å². The van der Waals surface area contributed by atoms with E-state index in [2.05, 4.69) is 20.8 Å². The second-order valence-electron chi connectivity index (χ2n) is 6.91. The number of hydrogen-bond acceptors (Lipinski definition) is 7. The third-order valence-electron chi connectivity index (χ3n) is 4.90. The van der Waals surface area contributed by atoms with E-state index in [4.69, 9.17) is 14.4 Å². The Morgan fingerprint density at radius 3 is 2.62 bits per heavy atom. The lowest BCUT2D eigenvalue weighted by molar-refractivity contribution is -0.694. The van der Waals surface area contributed by atoms with Gasteiger partial charge >= 0.3 is 0 Å². The van der Waals surface area contributed by atoms with Crippen LogP contribution in [0.4, 0.5) is 5.69 Å². The van der Waals surface area contributed by atoms with E-state index in [1.165, 1.54) is 0 Å². The molecule has 0 saturated heterocycles. The Bertz CT molecular complexity index is 1190. The van der Waals surface area contributed by atoms with Crippen LogP contribution in [-0.2, 0) is 11.3 Å². The summed E-state index contributed by atoms with van der Waals surface area (Å²) in [6.45, 7) is 4.50. The third-order valence-corrected chi connectivity index (χ3v) is 4.90. The molecule has 10 heteroatoms. The average Bonchev–Trinajstić information content (AvgIpc) is 3.36. The van der Waals surface area contributed by atoms with E-state index in [0.717, 1.165) is 28.4 Å². The predicted octanol–water partition coefficient (Wildman–Crippen LogP) is 0.731. The molecule has 166 valence electrons. The van der Waals surface area contributed by atoms with Gasteiger partial charge in [-0.05, 0) is 26.0 Å². The molecule has 4 aromatic heterocycles. The van der Waals surface area contributed by atoms with Crippen molar-refractivity contribution < 1.29 is 23.8 Å². The molecule has 0 spiro atoms. The zero-order valence-electron chi connectivity index (χ0n) is 18.0. The van der Waals surface area contributed by atoms with Gasteiger partial charge in [0, 0.05) is 43.1 Å². The first-order valence-corrected chi connectivity index (χ1v) is 9.89. The number of hydrogen-bond donors (Lipinski definition) is 2. The highest BCUT2D eigenvalue weighted by molar-refractivity contribution is 5.95. The fourth-order valence-corrected chi connectivity index (χ4v) is 3.33. The number of imidazole rings is 1. The lowest BCUT2D eigenvalue weighted by Gasteiger charge is -2.06. The first-order valence-electron chi connectivity index (χ1n) is 9.89. The van der Waals surface area contributed by atoms with Gasteiger partial charge in [-0.15, -0.1) is 0 Å². The van der Waals surface area contributed by atoms with Gasteiger partial charge in [0.1, 0.15) is 11.4 Å². The van der Waals surface area contributed by atoms with Crippen molar-refractivity contribution in [1.29, 1.82) is 0 Å². The number of nitrogens with one attached hydrogen (secondary N) is 2. The lowest BCUT2D eigenvalue weighted by Crippen LogP contribution is -2.40. The van der Waals surface area contributed by atoms with Crippen LogP contribution < -0.4 is 20.3 Å². The summed E-state index contributed by atoms with van der Waals surface area (Å²) in [5.41, 5.74) is 4.95. The van der Waals surface area contributed by atoms with Gasteiger partial charge in [0.2, 0.25) is 0 Å². The molecule has 2 N–H and O–H groups in total. The molecule has 0 unspecified atom stereocenters. The molecule has 0 aromatic carbocycles. The lowest BCUT2D eigenvalue weighted by atomic mass is 10.1. The molecule has 0 bridgehead atoms. The fraction of sp³-hybridized carbons (Fsp3) is 0.227. The second-order valence-corrected chi connectivity index (χ2v) is 6.91. The quantitative estimate of drug-likeness (QED) is 0.337. The number of nitrogens with zero attached hydrogens (tertiary/aromatic N) is 4. The third kappa shape index (κ3) is 4.91. The molecule has 0 saturated carbocycles. The summed E-state index contributed by atoms with van der Waals surface area (Å²) in [6, 6.07) is 7.56. The van der Waals surface area contributed by atoms with Crippen LogP contribution >= 0.6 is 0 Å². The van der Waals surface area contributed by atoms with Crippen LogP contribution in [0.5, 0.6) is 0 Å². The summed E-state index contributed by atoms with van der Waals surface area (Å²) < 4.78 is 9.22. The highest BCUT2D eigenvalue weighted by atomic mass is 16.5. The Labute approximate surface area is 184 Å². The van der Waals surface area contributed by atoms with Crippen molar-refractivity contribution in [2.75, 3.05) is 18.9 Å². The number of anilines is 1. The molecule has 4 aromatic rings. The van der Waals surface area contributed by atoms with Crippen molar-refractivity contribution in [2.24, 2.45) is 0 Å². The minimum Gasteiger partial charge on any atom is -0.554 e. The molecule has 1 amide bonds. The number of carboxylic acid groups (broad SMARTS) is 1. The number of rotatable bonds is 6. The van der Waals surface area contributed by atoms with E-state index >= 15 is 0 Å². The molecule has 4 rings (SSSR count). The molecule has 0 aliphatic rings. The minimum atomic E-state index is -0.500. The van der Waals surface area contributed by atoms with Crippen molar-refractivity contribution in [2.45, 2.75) is 20.4 Å². The van der Waals surface area contributed by atoms with E-state index in [9.17, 15) is 4.79 Å². The van der Waals surface area contributed by atoms with Crippen LogP contribution in [0.3, 0.4) is 0 Å². The van der Waals surface area contributed by atoms with Crippen LogP contribution in [-0.4, -0.2) is 40.5 Å². The van der Waals surface area contributed by atoms with Crippen molar-refractivity contribution in [3.8, 4) is 11.3 Å². The number of carbonyl (C=O) groups excluding carboxylic acids is 2. The number of amides is 1. The summed E-state index contributed by atoms with van der Waals surface area (Å²) >= 11 is 0. The monoisotopic (exact) mass is 436 g/mol. The fourth-order valence-electron chi connectivity index (χ4n) is 3.33. The molecule has 0 radical (unpaired) electrons. The maximum atomic E-state index is 12.5. The maximum Gasteiger partial charge on any atom is 0.251 e. The largest absolute Gasteiger partial charge is 0.554 e. The SMILES string of the molecule is CNc1cc[n+](CCNC(=O)c2ccn3c(-c4c(C)noc4C)cnc3c2)cc1.O=C[O-].